The fourth-order valence-electron chi connectivity index (χ4n) is 4.45. The molecule has 5 nitrogen and oxygen atoms in total. The predicted octanol–water partition coefficient (Wildman–Crippen LogP) is 3.69. The maximum Gasteiger partial charge on any atom is 0.251 e. The number of aromatic nitrogens is 1. The summed E-state index contributed by atoms with van der Waals surface area (Å²) in [4.78, 5) is 19.6. The molecule has 0 bridgehead atoms. The number of hydrogen-bond donors (Lipinski definition) is 2. The zero-order chi connectivity index (χ0) is 20.5. The van der Waals surface area contributed by atoms with E-state index in [1.807, 2.05) is 24.3 Å². The monoisotopic (exact) mass is 406 g/mol. The summed E-state index contributed by atoms with van der Waals surface area (Å²) >= 11 is 0. The molecule has 2 aliphatic heterocycles. The third-order valence-electron chi connectivity index (χ3n) is 6.33. The lowest BCUT2D eigenvalue weighted by Crippen LogP contribution is -2.45. The van der Waals surface area contributed by atoms with Gasteiger partial charge in [-0.3, -0.25) is 9.78 Å². The van der Waals surface area contributed by atoms with E-state index in [1.54, 1.807) is 6.20 Å². The zero-order valence-corrected chi connectivity index (χ0v) is 17.0. The van der Waals surface area contributed by atoms with Gasteiger partial charge in [0.05, 0.1) is 6.20 Å². The Balaban J connectivity index is 1.29. The number of halogens is 1. The number of rotatable bonds is 5. The number of nitrogens with zero attached hydrogens (tertiary/aromatic N) is 2. The summed E-state index contributed by atoms with van der Waals surface area (Å²) in [5.41, 5.74) is 4.01. The molecule has 156 valence electrons. The molecule has 5 rings (SSSR count). The number of amides is 1. The van der Waals surface area contributed by atoms with Crippen LogP contribution in [0.15, 0.2) is 42.7 Å². The first-order valence-corrected chi connectivity index (χ1v) is 10.9. The lowest BCUT2D eigenvalue weighted by molar-refractivity contribution is -0.116. The van der Waals surface area contributed by atoms with Crippen LogP contribution in [0.25, 0.3) is 16.7 Å². The first-order chi connectivity index (χ1) is 14.7. The Bertz CT molecular complexity index is 977. The van der Waals surface area contributed by atoms with E-state index in [9.17, 15) is 9.18 Å². The largest absolute Gasteiger partial charge is 0.381 e. The molecule has 3 aliphatic rings. The topological polar surface area (TPSA) is 57.3 Å². The molecule has 0 spiro atoms. The molecule has 0 radical (unpaired) electrons. The minimum absolute atomic E-state index is 0.0205. The minimum atomic E-state index is -0.370. The summed E-state index contributed by atoms with van der Waals surface area (Å²) in [5.74, 6) is 0.521. The number of piperidine rings is 1. The summed E-state index contributed by atoms with van der Waals surface area (Å²) in [7, 11) is 0. The van der Waals surface area contributed by atoms with Gasteiger partial charge in [-0.05, 0) is 55.4 Å². The van der Waals surface area contributed by atoms with Gasteiger partial charge in [0, 0.05) is 60.8 Å². The van der Waals surface area contributed by atoms with Crippen molar-refractivity contribution in [2.24, 2.45) is 5.92 Å². The number of likely N-dealkylation sites (tertiary alicyclic amines) is 1. The third-order valence-corrected chi connectivity index (χ3v) is 6.33. The Morgan fingerprint density at radius 1 is 1.13 bits per heavy atom. The molecule has 6 heteroatoms. The van der Waals surface area contributed by atoms with Gasteiger partial charge in [0.25, 0.3) is 5.91 Å². The van der Waals surface area contributed by atoms with Crippen LogP contribution in [0.3, 0.4) is 0 Å². The van der Waals surface area contributed by atoms with Crippen LogP contribution in [0, 0.1) is 11.7 Å². The van der Waals surface area contributed by atoms with E-state index in [4.69, 9.17) is 0 Å². The maximum atomic E-state index is 13.6. The first-order valence-electron chi connectivity index (χ1n) is 10.9. The summed E-state index contributed by atoms with van der Waals surface area (Å²) in [6, 6.07) is 7.51. The van der Waals surface area contributed by atoms with Crippen LogP contribution in [0.5, 0.6) is 0 Å². The van der Waals surface area contributed by atoms with Crippen LogP contribution < -0.4 is 10.6 Å². The molecule has 2 aromatic rings. The van der Waals surface area contributed by atoms with Crippen LogP contribution in [0.4, 0.5) is 10.1 Å². The van der Waals surface area contributed by atoms with Crippen LogP contribution in [0.2, 0.25) is 0 Å². The molecule has 1 aliphatic carbocycles. The van der Waals surface area contributed by atoms with Crippen LogP contribution in [0.1, 0.15) is 31.2 Å². The standard InChI is InChI=1S/C24H27FN4O/c25-19-11-18(13-26-14-19)17-3-4-23-22(12-17)21(5-8-27-23)24(30)28-20-6-9-29(10-7-20)15-16-1-2-16/h3-5,11-14,16,20,27H,1-2,6-10,15H2,(H,28,30). The highest BCUT2D eigenvalue weighted by Gasteiger charge is 2.28. The Hall–Kier alpha value is -2.73. The minimum Gasteiger partial charge on any atom is -0.381 e. The molecule has 2 fully saturated rings. The van der Waals surface area contributed by atoms with Crippen molar-refractivity contribution in [3.05, 3.63) is 54.1 Å². The SMILES string of the molecule is O=C(NC1CCN(CC2CC2)CC1)C1=CCNc2ccc(-c3cncc(F)c3)cc21. The second-order valence-corrected chi connectivity index (χ2v) is 8.64. The van der Waals surface area contributed by atoms with Gasteiger partial charge < -0.3 is 15.5 Å². The fourth-order valence-corrected chi connectivity index (χ4v) is 4.45. The van der Waals surface area contributed by atoms with E-state index in [2.05, 4.69) is 20.5 Å². The zero-order valence-electron chi connectivity index (χ0n) is 17.0. The van der Waals surface area contributed by atoms with Crippen molar-refractivity contribution in [1.82, 2.24) is 15.2 Å². The van der Waals surface area contributed by atoms with Crippen molar-refractivity contribution < 1.29 is 9.18 Å². The molecule has 2 N–H and O–H groups in total. The van der Waals surface area contributed by atoms with Gasteiger partial charge in [0.2, 0.25) is 0 Å². The van der Waals surface area contributed by atoms with Gasteiger partial charge in [-0.25, -0.2) is 4.39 Å². The molecule has 3 heterocycles. The number of carbonyl (C=O) groups excluding carboxylic acids is 1. The molecule has 0 unspecified atom stereocenters. The van der Waals surface area contributed by atoms with Crippen LogP contribution in [-0.2, 0) is 4.79 Å². The Labute approximate surface area is 176 Å². The number of nitrogens with one attached hydrogen (secondary N) is 2. The number of anilines is 1. The molecule has 1 aromatic carbocycles. The number of fused-ring (bicyclic) bond motifs is 1. The summed E-state index contributed by atoms with van der Waals surface area (Å²) < 4.78 is 13.6. The molecule has 30 heavy (non-hydrogen) atoms. The van der Waals surface area contributed by atoms with Gasteiger partial charge in [0.1, 0.15) is 5.82 Å². The lowest BCUT2D eigenvalue weighted by atomic mass is 9.94. The normalized spacial score (nSPS) is 19.6. The van der Waals surface area contributed by atoms with E-state index in [0.717, 1.165) is 48.7 Å². The highest BCUT2D eigenvalue weighted by atomic mass is 19.1. The van der Waals surface area contributed by atoms with Gasteiger partial charge in [-0.2, -0.15) is 0 Å². The van der Waals surface area contributed by atoms with Crippen molar-refractivity contribution >= 4 is 17.2 Å². The lowest BCUT2D eigenvalue weighted by Gasteiger charge is -2.32. The van der Waals surface area contributed by atoms with E-state index in [-0.39, 0.29) is 17.8 Å². The molecule has 1 amide bonds. The van der Waals surface area contributed by atoms with Crippen molar-refractivity contribution in [3.63, 3.8) is 0 Å². The fraction of sp³-hybridized carbons (Fsp3) is 0.417. The molecular weight excluding hydrogens is 379 g/mol. The Morgan fingerprint density at radius 2 is 1.97 bits per heavy atom. The van der Waals surface area contributed by atoms with Gasteiger partial charge >= 0.3 is 0 Å². The highest BCUT2D eigenvalue weighted by molar-refractivity contribution is 6.22. The molecular formula is C24H27FN4O. The van der Waals surface area contributed by atoms with Gasteiger partial charge in [-0.1, -0.05) is 12.1 Å². The number of pyridine rings is 1. The first kappa shape index (κ1) is 19.2. The smallest absolute Gasteiger partial charge is 0.251 e. The molecule has 1 aromatic heterocycles. The summed E-state index contributed by atoms with van der Waals surface area (Å²) in [5, 5.41) is 6.57. The average Bonchev–Trinajstić information content (AvgIpc) is 3.58. The number of benzene rings is 1. The Kier molecular flexibility index (Phi) is 5.25. The second kappa shape index (κ2) is 8.19. The van der Waals surface area contributed by atoms with E-state index < -0.39 is 0 Å². The molecule has 0 atom stereocenters. The summed E-state index contributed by atoms with van der Waals surface area (Å²) in [6.45, 7) is 3.98. The van der Waals surface area contributed by atoms with Crippen molar-refractivity contribution in [2.75, 3.05) is 31.5 Å². The maximum absolute atomic E-state index is 13.6. The van der Waals surface area contributed by atoms with Crippen molar-refractivity contribution in [3.8, 4) is 11.1 Å². The Morgan fingerprint density at radius 3 is 2.73 bits per heavy atom. The van der Waals surface area contributed by atoms with Crippen molar-refractivity contribution in [1.29, 1.82) is 0 Å². The third kappa shape index (κ3) is 4.24. The molecule has 1 saturated carbocycles. The van der Waals surface area contributed by atoms with Crippen LogP contribution >= 0.6 is 0 Å². The number of carbonyl (C=O) groups is 1. The van der Waals surface area contributed by atoms with Crippen molar-refractivity contribution in [2.45, 2.75) is 31.7 Å². The predicted molar refractivity (Wildman–Crippen MR) is 116 cm³/mol. The highest BCUT2D eigenvalue weighted by Crippen LogP contribution is 2.33. The van der Waals surface area contributed by atoms with E-state index >= 15 is 0 Å². The second-order valence-electron chi connectivity index (χ2n) is 8.64. The van der Waals surface area contributed by atoms with Gasteiger partial charge in [-0.15, -0.1) is 0 Å². The summed E-state index contributed by atoms with van der Waals surface area (Å²) in [6.07, 6.45) is 9.54. The number of hydrogen-bond acceptors (Lipinski definition) is 4. The van der Waals surface area contributed by atoms with Gasteiger partial charge in [0.15, 0.2) is 0 Å². The van der Waals surface area contributed by atoms with Crippen LogP contribution in [-0.4, -0.2) is 48.0 Å². The quantitative estimate of drug-likeness (QED) is 0.795. The van der Waals surface area contributed by atoms with E-state index in [0.29, 0.717) is 17.7 Å². The average molecular weight is 407 g/mol. The van der Waals surface area contributed by atoms with E-state index in [1.165, 1.54) is 31.6 Å². The molecule has 1 saturated heterocycles.